The number of nitrogens with zero attached hydrogens (tertiary/aromatic N) is 6. The van der Waals surface area contributed by atoms with Crippen molar-refractivity contribution in [3.05, 3.63) is 93.5 Å². The Balaban J connectivity index is 0.00000221. The summed E-state index contributed by atoms with van der Waals surface area (Å²) in [5.74, 6) is 0. The fourth-order valence-electron chi connectivity index (χ4n) is 4.78. The molecule has 0 saturated carbocycles. The summed E-state index contributed by atoms with van der Waals surface area (Å²) in [7, 11) is -5.52. The summed E-state index contributed by atoms with van der Waals surface area (Å²) in [6, 6.07) is 15.9. The number of aromatic nitrogens is 6. The van der Waals surface area contributed by atoms with Crippen molar-refractivity contribution in [2.24, 2.45) is 0 Å². The van der Waals surface area contributed by atoms with Gasteiger partial charge in [0.15, 0.2) is 0 Å². The maximum absolute atomic E-state index is 13.8. The molecule has 0 saturated heterocycles. The third kappa shape index (κ3) is 6.11. The van der Waals surface area contributed by atoms with E-state index >= 15 is 0 Å². The predicted molar refractivity (Wildman–Crippen MR) is 149 cm³/mol. The molecule has 1 N–H and O–H groups in total. The summed E-state index contributed by atoms with van der Waals surface area (Å²) in [6.45, 7) is 2.37. The van der Waals surface area contributed by atoms with Gasteiger partial charge in [0, 0.05) is 29.5 Å². The number of phosphoric acid groups is 1. The van der Waals surface area contributed by atoms with Gasteiger partial charge in [0.25, 0.3) is 5.56 Å². The van der Waals surface area contributed by atoms with Crippen molar-refractivity contribution in [2.75, 3.05) is 0 Å². The molecule has 0 spiro atoms. The Kier molecular flexibility index (Phi) is 9.85. The van der Waals surface area contributed by atoms with E-state index in [4.69, 9.17) is 4.98 Å². The van der Waals surface area contributed by atoms with Gasteiger partial charge < -0.3 is 23.9 Å². The van der Waals surface area contributed by atoms with Crippen LogP contribution in [0, 0.1) is 11.3 Å². The van der Waals surface area contributed by atoms with Crippen LogP contribution in [0.3, 0.4) is 0 Å². The van der Waals surface area contributed by atoms with Crippen LogP contribution in [0.1, 0.15) is 19.4 Å². The SMILES string of the molecule is CC(C)(C#N)c1ccc(-n2c(=O)n(COP(=O)([O-])[O-])c(=O)c3cnc4ccc(-c5c[nH]c6ncccc56)nc4c32)cc1.[Na+].[Na+]. The van der Waals surface area contributed by atoms with Gasteiger partial charge in [-0.3, -0.25) is 14.3 Å². The number of hydrogen-bond donors (Lipinski definition) is 1. The summed E-state index contributed by atoms with van der Waals surface area (Å²) in [5.41, 5.74) is 0.908. The van der Waals surface area contributed by atoms with Crippen molar-refractivity contribution in [3.63, 3.8) is 0 Å². The topological polar surface area (TPSA) is 195 Å². The fraction of sp³-hybridized carbons (Fsp3) is 0.143. The molecule has 0 atom stereocenters. The maximum atomic E-state index is 13.8. The molecule has 16 heteroatoms. The van der Waals surface area contributed by atoms with E-state index in [0.717, 1.165) is 10.9 Å². The van der Waals surface area contributed by atoms with Crippen molar-refractivity contribution in [2.45, 2.75) is 26.0 Å². The number of hydrogen-bond acceptors (Lipinski definition) is 10. The standard InChI is InChI=1S/C28H22N7O6P.2Na/c1-28(2,14-29)16-5-7-17(8-6-16)35-24-20(26(36)34(27(35)37)15-41-42(38,39)40)13-31-22-10-9-21(33-23(22)24)19-12-32-25-18(19)4-3-11-30-25;;/h3-13H,15H2,1-2H3,(H,30,32)(H2,38,39,40);;/q;2*+1/p-2. The van der Waals surface area contributed by atoms with Crippen LogP contribution in [0.2, 0.25) is 0 Å². The van der Waals surface area contributed by atoms with E-state index in [0.29, 0.717) is 32.7 Å². The van der Waals surface area contributed by atoms with Gasteiger partial charge in [0.2, 0.25) is 0 Å². The molecule has 210 valence electrons. The Morgan fingerprint density at radius 1 is 1.05 bits per heavy atom. The Bertz CT molecular complexity index is 2250. The van der Waals surface area contributed by atoms with Crippen LogP contribution in [0.15, 0.2) is 76.7 Å². The maximum Gasteiger partial charge on any atom is 1.00 e. The minimum atomic E-state index is -5.52. The molecule has 6 rings (SSSR count). The van der Waals surface area contributed by atoms with Crippen molar-refractivity contribution >= 4 is 40.8 Å². The molecular weight excluding hydrogens is 607 g/mol. The van der Waals surface area contributed by atoms with Gasteiger partial charge in [-0.15, -0.1) is 0 Å². The number of phosphoric ester groups is 1. The van der Waals surface area contributed by atoms with Gasteiger partial charge >= 0.3 is 64.8 Å². The van der Waals surface area contributed by atoms with Gasteiger partial charge in [-0.05, 0) is 55.8 Å². The van der Waals surface area contributed by atoms with Crippen LogP contribution in [-0.4, -0.2) is 29.1 Å². The summed E-state index contributed by atoms with van der Waals surface area (Å²) < 4.78 is 17.2. The zero-order chi connectivity index (χ0) is 29.8. The number of nitriles is 1. The molecule has 0 aliphatic rings. The zero-order valence-electron chi connectivity index (χ0n) is 24.1. The summed E-state index contributed by atoms with van der Waals surface area (Å²) in [5, 5.41) is 10.3. The summed E-state index contributed by atoms with van der Waals surface area (Å²) in [4.78, 5) is 66.3. The summed E-state index contributed by atoms with van der Waals surface area (Å²) >= 11 is 0. The van der Waals surface area contributed by atoms with E-state index in [2.05, 4.69) is 25.5 Å². The first-order chi connectivity index (χ1) is 20.0. The number of aromatic amines is 1. The number of benzene rings is 1. The molecule has 6 aromatic rings. The number of fused-ring (bicyclic) bond motifs is 4. The van der Waals surface area contributed by atoms with E-state index in [9.17, 15) is 29.2 Å². The number of nitrogens with one attached hydrogen (secondary N) is 1. The molecule has 0 radical (unpaired) electrons. The molecule has 0 fully saturated rings. The smallest absolute Gasteiger partial charge is 0.790 e. The van der Waals surface area contributed by atoms with Crippen molar-refractivity contribution in [1.29, 1.82) is 5.26 Å². The van der Waals surface area contributed by atoms with Crippen LogP contribution in [0.5, 0.6) is 0 Å². The molecular formula is C28H20N7Na2O6P. The average molecular weight is 627 g/mol. The zero-order valence-corrected chi connectivity index (χ0v) is 29.0. The number of pyridine rings is 3. The van der Waals surface area contributed by atoms with E-state index in [-0.39, 0.29) is 75.5 Å². The van der Waals surface area contributed by atoms with Gasteiger partial charge in [-0.2, -0.15) is 5.26 Å². The number of rotatable bonds is 6. The minimum Gasteiger partial charge on any atom is -0.790 e. The number of H-pyrrole nitrogens is 1. The Morgan fingerprint density at radius 3 is 2.45 bits per heavy atom. The molecule has 44 heavy (non-hydrogen) atoms. The molecule has 0 aliphatic heterocycles. The average Bonchev–Trinajstić information content (AvgIpc) is 3.41. The van der Waals surface area contributed by atoms with E-state index < -0.39 is 31.2 Å². The minimum absolute atomic E-state index is 0. The first kappa shape index (κ1) is 33.9. The van der Waals surface area contributed by atoms with E-state index in [1.54, 1.807) is 68.7 Å². The Hall–Kier alpha value is -2.99. The van der Waals surface area contributed by atoms with Gasteiger partial charge in [0.05, 0.1) is 47.1 Å². The third-order valence-corrected chi connectivity index (χ3v) is 7.44. The first-order valence-corrected chi connectivity index (χ1v) is 14.0. The molecule has 5 aromatic heterocycles. The van der Waals surface area contributed by atoms with Crippen LogP contribution in [0.4, 0.5) is 0 Å². The Morgan fingerprint density at radius 2 is 1.77 bits per heavy atom. The van der Waals surface area contributed by atoms with Crippen LogP contribution < -0.4 is 80.2 Å². The van der Waals surface area contributed by atoms with Gasteiger partial charge in [-0.1, -0.05) is 12.1 Å². The molecule has 0 bridgehead atoms. The molecule has 0 unspecified atom stereocenters. The van der Waals surface area contributed by atoms with Crippen molar-refractivity contribution in [3.8, 4) is 23.0 Å². The predicted octanol–water partition coefficient (Wildman–Crippen LogP) is -3.75. The van der Waals surface area contributed by atoms with Gasteiger partial charge in [0.1, 0.15) is 17.9 Å². The monoisotopic (exact) mass is 627 g/mol. The summed E-state index contributed by atoms with van der Waals surface area (Å²) in [6.07, 6.45) is 4.66. The normalized spacial score (nSPS) is 11.7. The van der Waals surface area contributed by atoms with Gasteiger partial charge in [-0.25, -0.2) is 19.3 Å². The largest absolute Gasteiger partial charge is 1.00 e. The second-order valence-electron chi connectivity index (χ2n) is 10.0. The van der Waals surface area contributed by atoms with Crippen molar-refractivity contribution in [1.82, 2.24) is 29.1 Å². The second kappa shape index (κ2) is 12.8. The van der Waals surface area contributed by atoms with Crippen LogP contribution in [-0.2, 0) is 21.2 Å². The molecule has 0 aliphatic carbocycles. The van der Waals surface area contributed by atoms with Crippen LogP contribution >= 0.6 is 7.82 Å². The molecule has 1 aromatic carbocycles. The second-order valence-corrected chi connectivity index (χ2v) is 11.2. The van der Waals surface area contributed by atoms with Crippen molar-refractivity contribution < 1.29 is 78.0 Å². The molecule has 13 nitrogen and oxygen atoms in total. The van der Waals surface area contributed by atoms with Crippen LogP contribution in [0.25, 0.3) is 49.9 Å². The fourth-order valence-corrected chi connectivity index (χ4v) is 5.03. The molecule has 0 amide bonds. The molecule has 5 heterocycles. The Labute approximate surface area is 293 Å². The third-order valence-electron chi connectivity index (χ3n) is 7.01. The van der Waals surface area contributed by atoms with E-state index in [1.807, 2.05) is 6.07 Å². The first-order valence-electron chi connectivity index (χ1n) is 12.5. The quantitative estimate of drug-likeness (QED) is 0.109. The van der Waals surface area contributed by atoms with E-state index in [1.165, 1.54) is 10.8 Å².